The van der Waals surface area contributed by atoms with Gasteiger partial charge in [-0.1, -0.05) is 17.8 Å². The maximum absolute atomic E-state index is 10.6. The number of carbonyl (C=O) groups is 2. The second kappa shape index (κ2) is 7.99. The Morgan fingerprint density at radius 2 is 1.76 bits per heavy atom. The molecule has 0 aliphatic carbocycles. The van der Waals surface area contributed by atoms with Crippen LogP contribution in [0, 0.1) is 0 Å². The van der Waals surface area contributed by atoms with E-state index in [2.05, 4.69) is 0 Å². The normalized spacial score (nSPS) is 9.53. The maximum Gasteiger partial charge on any atom is 0.335 e. The van der Waals surface area contributed by atoms with E-state index >= 15 is 0 Å². The van der Waals surface area contributed by atoms with Crippen molar-refractivity contribution in [3.8, 4) is 0 Å². The third-order valence-corrected chi connectivity index (χ3v) is 1.55. The van der Waals surface area contributed by atoms with Crippen molar-refractivity contribution in [2.24, 2.45) is 0 Å². The van der Waals surface area contributed by atoms with Crippen LogP contribution in [0.1, 0.15) is 15.9 Å². The Bertz CT molecular complexity index is 415. The van der Waals surface area contributed by atoms with Crippen LogP contribution in [0.25, 0.3) is 6.08 Å². The Kier molecular flexibility index (Phi) is 6.95. The van der Waals surface area contributed by atoms with Gasteiger partial charge in [0.15, 0.2) is 0 Å². The molecule has 17 heavy (non-hydrogen) atoms. The topological polar surface area (TPSA) is 127 Å². The standard InChI is InChI=1S/C10H8O4.H3NO2/c11-9(12)5-4-7-2-1-3-8(6-7)10(13)14;2-1-3/h1-6H,(H,11,12)(H,13,14);1-3H/b5-4+;. The van der Waals surface area contributed by atoms with Gasteiger partial charge in [-0.25, -0.2) is 9.59 Å². The molecule has 7 nitrogen and oxygen atoms in total. The summed E-state index contributed by atoms with van der Waals surface area (Å²) < 4.78 is 0. The average molecular weight is 241 g/mol. The Morgan fingerprint density at radius 1 is 1.18 bits per heavy atom. The quantitative estimate of drug-likeness (QED) is 0.392. The van der Waals surface area contributed by atoms with E-state index in [4.69, 9.17) is 20.6 Å². The van der Waals surface area contributed by atoms with Crippen molar-refractivity contribution in [2.45, 2.75) is 0 Å². The minimum Gasteiger partial charge on any atom is -0.478 e. The largest absolute Gasteiger partial charge is 0.478 e. The highest BCUT2D eigenvalue weighted by molar-refractivity contribution is 5.89. The highest BCUT2D eigenvalue weighted by Crippen LogP contribution is 2.06. The van der Waals surface area contributed by atoms with Crippen LogP contribution in [0.15, 0.2) is 30.3 Å². The van der Waals surface area contributed by atoms with E-state index in [0.717, 1.165) is 11.7 Å². The van der Waals surface area contributed by atoms with Crippen molar-refractivity contribution in [3.63, 3.8) is 0 Å². The fourth-order valence-electron chi connectivity index (χ4n) is 0.943. The molecule has 5 N–H and O–H groups in total. The van der Waals surface area contributed by atoms with Crippen LogP contribution in [0.2, 0.25) is 0 Å². The molecule has 0 amide bonds. The zero-order chi connectivity index (χ0) is 13.3. The second-order valence-corrected chi connectivity index (χ2v) is 2.70. The summed E-state index contributed by atoms with van der Waals surface area (Å²) in [5.41, 5.74) is 1.44. The van der Waals surface area contributed by atoms with Crippen LogP contribution < -0.4 is 5.64 Å². The molecule has 92 valence electrons. The molecule has 0 saturated heterocycles. The van der Waals surface area contributed by atoms with E-state index in [1.54, 1.807) is 12.1 Å². The molecular formula is C10H11NO6. The van der Waals surface area contributed by atoms with Gasteiger partial charge in [-0.2, -0.15) is 0 Å². The van der Waals surface area contributed by atoms with Crippen LogP contribution in [0.5, 0.6) is 0 Å². The van der Waals surface area contributed by atoms with E-state index in [0.29, 0.717) is 5.56 Å². The summed E-state index contributed by atoms with van der Waals surface area (Å²) in [6.45, 7) is 0. The summed E-state index contributed by atoms with van der Waals surface area (Å²) in [5.74, 6) is -2.10. The van der Waals surface area contributed by atoms with E-state index in [1.807, 2.05) is 0 Å². The molecule has 0 radical (unpaired) electrons. The maximum atomic E-state index is 10.6. The number of aliphatic carboxylic acids is 1. The Balaban J connectivity index is 0.000000770. The Hall–Kier alpha value is -2.22. The van der Waals surface area contributed by atoms with Crippen LogP contribution in [0.4, 0.5) is 0 Å². The minimum atomic E-state index is -1.06. The monoisotopic (exact) mass is 241 g/mol. The van der Waals surface area contributed by atoms with Crippen molar-refractivity contribution < 1.29 is 30.2 Å². The molecule has 0 atom stereocenters. The van der Waals surface area contributed by atoms with Crippen molar-refractivity contribution in [3.05, 3.63) is 41.5 Å². The van der Waals surface area contributed by atoms with Crippen molar-refractivity contribution in [2.75, 3.05) is 0 Å². The number of benzene rings is 1. The highest BCUT2D eigenvalue weighted by atomic mass is 16.7. The predicted molar refractivity (Wildman–Crippen MR) is 56.8 cm³/mol. The van der Waals surface area contributed by atoms with Gasteiger partial charge in [0.1, 0.15) is 0 Å². The number of rotatable bonds is 3. The van der Waals surface area contributed by atoms with Crippen LogP contribution in [-0.2, 0) is 4.79 Å². The summed E-state index contributed by atoms with van der Waals surface area (Å²) in [6.07, 6.45) is 2.30. The van der Waals surface area contributed by atoms with Crippen LogP contribution in [0.3, 0.4) is 0 Å². The molecule has 0 saturated carbocycles. The molecule has 0 bridgehead atoms. The first-order valence-electron chi connectivity index (χ1n) is 4.28. The van der Waals surface area contributed by atoms with Crippen molar-refractivity contribution in [1.29, 1.82) is 0 Å². The van der Waals surface area contributed by atoms with E-state index in [9.17, 15) is 9.59 Å². The lowest BCUT2D eigenvalue weighted by Gasteiger charge is -1.95. The third kappa shape index (κ3) is 6.79. The molecule has 7 heteroatoms. The zero-order valence-electron chi connectivity index (χ0n) is 8.57. The summed E-state index contributed by atoms with van der Waals surface area (Å²) in [5, 5.41) is 30.7. The molecule has 0 fully saturated rings. The minimum absolute atomic E-state index is 0.137. The van der Waals surface area contributed by atoms with Crippen LogP contribution in [-0.4, -0.2) is 32.6 Å². The van der Waals surface area contributed by atoms with Gasteiger partial charge in [-0.15, -0.1) is 0 Å². The van der Waals surface area contributed by atoms with Gasteiger partial charge >= 0.3 is 11.9 Å². The smallest absolute Gasteiger partial charge is 0.335 e. The van der Waals surface area contributed by atoms with Gasteiger partial charge in [0.2, 0.25) is 0 Å². The van der Waals surface area contributed by atoms with Crippen molar-refractivity contribution in [1.82, 2.24) is 5.64 Å². The number of aromatic carboxylic acids is 1. The van der Waals surface area contributed by atoms with Gasteiger partial charge < -0.3 is 10.2 Å². The lowest BCUT2D eigenvalue weighted by Crippen LogP contribution is -1.95. The highest BCUT2D eigenvalue weighted by Gasteiger charge is 2.01. The molecule has 0 aliphatic heterocycles. The van der Waals surface area contributed by atoms with E-state index in [1.165, 1.54) is 18.2 Å². The third-order valence-electron chi connectivity index (χ3n) is 1.55. The molecule has 0 spiro atoms. The summed E-state index contributed by atoms with van der Waals surface area (Å²) in [7, 11) is 0. The molecule has 0 heterocycles. The number of carboxylic acids is 2. The van der Waals surface area contributed by atoms with E-state index in [-0.39, 0.29) is 5.56 Å². The molecule has 0 aromatic heterocycles. The van der Waals surface area contributed by atoms with Gasteiger partial charge in [-0.05, 0) is 23.8 Å². The first-order valence-corrected chi connectivity index (χ1v) is 4.28. The van der Waals surface area contributed by atoms with Gasteiger partial charge in [0.25, 0.3) is 0 Å². The molecular weight excluding hydrogens is 230 g/mol. The van der Waals surface area contributed by atoms with E-state index < -0.39 is 11.9 Å². The van der Waals surface area contributed by atoms with Gasteiger partial charge in [0, 0.05) is 6.08 Å². The Labute approximate surface area is 96.2 Å². The number of hydrogen-bond donors (Lipinski definition) is 5. The molecule has 1 rings (SSSR count). The lowest BCUT2D eigenvalue weighted by atomic mass is 10.1. The molecule has 0 unspecified atom stereocenters. The number of hydrogen-bond acceptors (Lipinski definition) is 5. The SMILES string of the molecule is O=C(O)/C=C/c1cccc(C(=O)O)c1.ONO. The van der Waals surface area contributed by atoms with Crippen molar-refractivity contribution >= 4 is 18.0 Å². The lowest BCUT2D eigenvalue weighted by molar-refractivity contribution is -0.131. The Morgan fingerprint density at radius 3 is 2.24 bits per heavy atom. The van der Waals surface area contributed by atoms with Gasteiger partial charge in [-0.3, -0.25) is 10.4 Å². The summed E-state index contributed by atoms with van der Waals surface area (Å²) >= 11 is 0. The predicted octanol–water partition coefficient (Wildman–Crippen LogP) is 0.837. The molecule has 1 aromatic rings. The van der Waals surface area contributed by atoms with Crippen LogP contribution >= 0.6 is 0 Å². The number of nitrogens with one attached hydrogen (secondary N) is 1. The molecule has 1 aromatic carbocycles. The van der Waals surface area contributed by atoms with Gasteiger partial charge in [0.05, 0.1) is 5.56 Å². The number of carboxylic acid groups (broad SMARTS) is 2. The summed E-state index contributed by atoms with van der Waals surface area (Å²) in [4.78, 5) is 20.7. The first-order chi connectivity index (χ1) is 8.01. The average Bonchev–Trinajstić information content (AvgIpc) is 2.28. The fraction of sp³-hybridized carbons (Fsp3) is 0. The molecule has 0 aliphatic rings. The fourth-order valence-corrected chi connectivity index (χ4v) is 0.943. The zero-order valence-corrected chi connectivity index (χ0v) is 8.57. The summed E-state index contributed by atoms with van der Waals surface area (Å²) in [6, 6.07) is 6.04. The first kappa shape index (κ1) is 14.8. The second-order valence-electron chi connectivity index (χ2n) is 2.70.